The summed E-state index contributed by atoms with van der Waals surface area (Å²) in [6, 6.07) is 1.86. The zero-order chi connectivity index (χ0) is 15.6. The summed E-state index contributed by atoms with van der Waals surface area (Å²) in [7, 11) is 0. The van der Waals surface area contributed by atoms with E-state index in [4.69, 9.17) is 14.2 Å². The van der Waals surface area contributed by atoms with E-state index in [1.165, 1.54) is 0 Å². The van der Waals surface area contributed by atoms with Crippen molar-refractivity contribution in [1.82, 2.24) is 9.97 Å². The number of nitrogens with zero attached hydrogens (tertiary/aromatic N) is 2. The van der Waals surface area contributed by atoms with Crippen molar-refractivity contribution in [2.45, 2.75) is 45.6 Å². The number of hydrogen-bond donors (Lipinski definition) is 1. The zero-order valence-corrected chi connectivity index (χ0v) is 13.6. The first-order valence-corrected chi connectivity index (χ1v) is 8.28. The number of rotatable bonds is 10. The molecule has 0 bridgehead atoms. The highest BCUT2D eigenvalue weighted by atomic mass is 16.5. The fourth-order valence-corrected chi connectivity index (χ4v) is 2.27. The summed E-state index contributed by atoms with van der Waals surface area (Å²) < 4.78 is 16.7. The second-order valence-electron chi connectivity index (χ2n) is 5.28. The van der Waals surface area contributed by atoms with Gasteiger partial charge in [-0.05, 0) is 32.6 Å². The summed E-state index contributed by atoms with van der Waals surface area (Å²) in [6.45, 7) is 7.85. The molecule has 1 atom stereocenters. The maximum Gasteiger partial charge on any atom is 0.218 e. The molecule has 0 aromatic carbocycles. The quantitative estimate of drug-likeness (QED) is 0.670. The molecule has 1 aromatic rings. The summed E-state index contributed by atoms with van der Waals surface area (Å²) in [6.07, 6.45) is 3.93. The van der Waals surface area contributed by atoms with Crippen LogP contribution in [-0.4, -0.2) is 42.9 Å². The molecule has 22 heavy (non-hydrogen) atoms. The van der Waals surface area contributed by atoms with Crippen LogP contribution >= 0.6 is 0 Å². The van der Waals surface area contributed by atoms with Gasteiger partial charge in [-0.3, -0.25) is 0 Å². The zero-order valence-electron chi connectivity index (χ0n) is 13.6. The Labute approximate surface area is 132 Å². The lowest BCUT2D eigenvalue weighted by Gasteiger charge is -2.13. The van der Waals surface area contributed by atoms with E-state index in [0.29, 0.717) is 12.5 Å². The minimum atomic E-state index is -0.00542. The second-order valence-corrected chi connectivity index (χ2v) is 5.28. The van der Waals surface area contributed by atoms with Crippen LogP contribution in [0.1, 0.15) is 51.5 Å². The Hall–Kier alpha value is -1.40. The van der Waals surface area contributed by atoms with Gasteiger partial charge in [0.2, 0.25) is 5.88 Å². The highest BCUT2D eigenvalue weighted by Crippen LogP contribution is 2.28. The lowest BCUT2D eigenvalue weighted by atomic mass is 10.2. The van der Waals surface area contributed by atoms with Crippen LogP contribution in [0.3, 0.4) is 0 Å². The average Bonchev–Trinajstić information content (AvgIpc) is 3.07. The summed E-state index contributed by atoms with van der Waals surface area (Å²) in [4.78, 5) is 9.06. The predicted molar refractivity (Wildman–Crippen MR) is 85.3 cm³/mol. The molecule has 1 aliphatic heterocycles. The molecule has 124 valence electrons. The van der Waals surface area contributed by atoms with Gasteiger partial charge in [0.1, 0.15) is 11.9 Å². The van der Waals surface area contributed by atoms with Crippen molar-refractivity contribution in [2.24, 2.45) is 0 Å². The molecule has 1 aromatic heterocycles. The SMILES string of the molecule is CCCOc1cc(NCCCOCC)nc(C2CCCO2)n1. The maximum atomic E-state index is 5.68. The Morgan fingerprint density at radius 3 is 2.95 bits per heavy atom. The van der Waals surface area contributed by atoms with Crippen LogP contribution < -0.4 is 10.1 Å². The normalized spacial score (nSPS) is 17.6. The lowest BCUT2D eigenvalue weighted by Crippen LogP contribution is -2.11. The van der Waals surface area contributed by atoms with E-state index in [-0.39, 0.29) is 6.10 Å². The van der Waals surface area contributed by atoms with Gasteiger partial charge in [0, 0.05) is 32.4 Å². The molecular weight excluding hydrogens is 282 g/mol. The number of ether oxygens (including phenoxy) is 3. The Morgan fingerprint density at radius 2 is 2.23 bits per heavy atom. The van der Waals surface area contributed by atoms with Crippen LogP contribution in [0.25, 0.3) is 0 Å². The molecule has 0 saturated carbocycles. The smallest absolute Gasteiger partial charge is 0.218 e. The summed E-state index contributed by atoms with van der Waals surface area (Å²) in [5, 5.41) is 3.32. The van der Waals surface area contributed by atoms with Crippen molar-refractivity contribution < 1.29 is 14.2 Å². The van der Waals surface area contributed by atoms with Gasteiger partial charge in [0.15, 0.2) is 5.82 Å². The molecule has 0 amide bonds. The molecule has 1 unspecified atom stereocenters. The summed E-state index contributed by atoms with van der Waals surface area (Å²) in [5.74, 6) is 2.14. The van der Waals surface area contributed by atoms with Crippen LogP contribution in [0, 0.1) is 0 Å². The van der Waals surface area contributed by atoms with E-state index in [0.717, 1.165) is 63.7 Å². The molecule has 1 aliphatic rings. The van der Waals surface area contributed by atoms with Crippen LogP contribution in [0.2, 0.25) is 0 Å². The van der Waals surface area contributed by atoms with E-state index in [1.807, 2.05) is 13.0 Å². The van der Waals surface area contributed by atoms with Crippen LogP contribution in [-0.2, 0) is 9.47 Å². The van der Waals surface area contributed by atoms with Gasteiger partial charge in [-0.1, -0.05) is 6.92 Å². The summed E-state index contributed by atoms with van der Waals surface area (Å²) in [5.41, 5.74) is 0. The van der Waals surface area contributed by atoms with Gasteiger partial charge >= 0.3 is 0 Å². The van der Waals surface area contributed by atoms with Crippen LogP contribution in [0.5, 0.6) is 5.88 Å². The Morgan fingerprint density at radius 1 is 1.32 bits per heavy atom. The fraction of sp³-hybridized carbons (Fsp3) is 0.750. The number of aromatic nitrogens is 2. The summed E-state index contributed by atoms with van der Waals surface area (Å²) >= 11 is 0. The third-order valence-electron chi connectivity index (χ3n) is 3.37. The second kappa shape index (κ2) is 9.58. The van der Waals surface area contributed by atoms with E-state index < -0.39 is 0 Å². The third-order valence-corrected chi connectivity index (χ3v) is 3.37. The highest BCUT2D eigenvalue weighted by Gasteiger charge is 2.22. The van der Waals surface area contributed by atoms with E-state index in [2.05, 4.69) is 22.2 Å². The molecule has 0 aliphatic carbocycles. The molecule has 2 heterocycles. The lowest BCUT2D eigenvalue weighted by molar-refractivity contribution is 0.104. The highest BCUT2D eigenvalue weighted by molar-refractivity contribution is 5.38. The minimum absolute atomic E-state index is 0.00542. The van der Waals surface area contributed by atoms with Gasteiger partial charge in [0.25, 0.3) is 0 Å². The molecule has 0 radical (unpaired) electrons. The van der Waals surface area contributed by atoms with Crippen molar-refractivity contribution in [3.63, 3.8) is 0 Å². The standard InChI is InChI=1S/C16H27N3O3/c1-3-9-22-15-12-14(17-8-6-10-20-4-2)18-16(19-15)13-7-5-11-21-13/h12-13H,3-11H2,1-2H3,(H,17,18,19). The van der Waals surface area contributed by atoms with Crippen LogP contribution in [0.4, 0.5) is 5.82 Å². The van der Waals surface area contributed by atoms with E-state index in [1.54, 1.807) is 0 Å². The molecule has 1 saturated heterocycles. The Kier molecular flexibility index (Phi) is 7.39. The Balaban J connectivity index is 1.97. The molecule has 0 spiro atoms. The van der Waals surface area contributed by atoms with Gasteiger partial charge in [-0.25, -0.2) is 4.98 Å². The van der Waals surface area contributed by atoms with Gasteiger partial charge in [-0.15, -0.1) is 0 Å². The van der Waals surface area contributed by atoms with E-state index >= 15 is 0 Å². The topological polar surface area (TPSA) is 65.5 Å². The number of nitrogens with one attached hydrogen (secondary N) is 1. The van der Waals surface area contributed by atoms with Crippen molar-refractivity contribution in [1.29, 1.82) is 0 Å². The van der Waals surface area contributed by atoms with Gasteiger partial charge < -0.3 is 19.5 Å². The Bertz CT molecular complexity index is 437. The average molecular weight is 309 g/mol. The maximum absolute atomic E-state index is 5.68. The van der Waals surface area contributed by atoms with Gasteiger partial charge in [0.05, 0.1) is 6.61 Å². The largest absolute Gasteiger partial charge is 0.478 e. The molecule has 1 N–H and O–H groups in total. The van der Waals surface area contributed by atoms with Crippen molar-refractivity contribution in [2.75, 3.05) is 38.3 Å². The van der Waals surface area contributed by atoms with Crippen molar-refractivity contribution >= 4 is 5.82 Å². The first-order chi connectivity index (χ1) is 10.8. The molecule has 1 fully saturated rings. The van der Waals surface area contributed by atoms with E-state index in [9.17, 15) is 0 Å². The van der Waals surface area contributed by atoms with Crippen LogP contribution in [0.15, 0.2) is 6.07 Å². The van der Waals surface area contributed by atoms with Crippen molar-refractivity contribution in [3.8, 4) is 5.88 Å². The predicted octanol–water partition coefficient (Wildman–Crippen LogP) is 2.96. The third kappa shape index (κ3) is 5.42. The first kappa shape index (κ1) is 17.0. The molecule has 6 heteroatoms. The first-order valence-electron chi connectivity index (χ1n) is 8.28. The molecule has 2 rings (SSSR count). The van der Waals surface area contributed by atoms with Gasteiger partial charge in [-0.2, -0.15) is 4.98 Å². The molecular formula is C16H27N3O3. The number of hydrogen-bond acceptors (Lipinski definition) is 6. The minimum Gasteiger partial charge on any atom is -0.478 e. The molecule has 6 nitrogen and oxygen atoms in total. The number of anilines is 1. The fourth-order valence-electron chi connectivity index (χ4n) is 2.27. The van der Waals surface area contributed by atoms with Crippen molar-refractivity contribution in [3.05, 3.63) is 11.9 Å². The monoisotopic (exact) mass is 309 g/mol.